The highest BCUT2D eigenvalue weighted by atomic mass is 15.3. The fourth-order valence-corrected chi connectivity index (χ4v) is 3.21. The predicted octanol–water partition coefficient (Wildman–Crippen LogP) is 4.08. The highest BCUT2D eigenvalue weighted by Crippen LogP contribution is 2.22. The Labute approximate surface area is 127 Å². The second kappa shape index (κ2) is 11.5. The number of rotatable bonds is 13. The Kier molecular flexibility index (Phi) is 11.5. The molecule has 0 aliphatic carbocycles. The van der Waals surface area contributed by atoms with E-state index in [1.54, 1.807) is 0 Å². The molecule has 0 aromatic heterocycles. The van der Waals surface area contributed by atoms with Gasteiger partial charge in [-0.3, -0.25) is 16.2 Å². The van der Waals surface area contributed by atoms with Crippen LogP contribution in [0.4, 0.5) is 0 Å². The van der Waals surface area contributed by atoms with E-state index in [0.29, 0.717) is 6.04 Å². The molecular formula is C17H39N3. The largest absolute Gasteiger partial charge is 0.297 e. The molecule has 1 atom stereocenters. The van der Waals surface area contributed by atoms with Crippen molar-refractivity contribution in [2.24, 2.45) is 5.84 Å². The summed E-state index contributed by atoms with van der Waals surface area (Å²) < 4.78 is 0. The van der Waals surface area contributed by atoms with Gasteiger partial charge in [-0.15, -0.1) is 0 Å². The standard InChI is InChI=1S/C17H39N3/c1-6-9-10-11-12-13-14-15-16(19-18)17(4,5)20(7-2)8-3/h16,19H,6-15,18H2,1-5H3. The van der Waals surface area contributed by atoms with Crippen LogP contribution >= 0.6 is 0 Å². The van der Waals surface area contributed by atoms with Gasteiger partial charge in [-0.05, 0) is 33.4 Å². The van der Waals surface area contributed by atoms with Crippen LogP contribution in [0.3, 0.4) is 0 Å². The zero-order valence-electron chi connectivity index (χ0n) is 14.7. The maximum absolute atomic E-state index is 5.81. The molecule has 0 aliphatic heterocycles. The highest BCUT2D eigenvalue weighted by molar-refractivity contribution is 4.91. The lowest BCUT2D eigenvalue weighted by molar-refractivity contribution is 0.0863. The van der Waals surface area contributed by atoms with Gasteiger partial charge in [0.2, 0.25) is 0 Å². The quantitative estimate of drug-likeness (QED) is 0.304. The summed E-state index contributed by atoms with van der Waals surface area (Å²) in [6, 6.07) is 0.373. The van der Waals surface area contributed by atoms with Crippen molar-refractivity contribution in [3.63, 3.8) is 0 Å². The van der Waals surface area contributed by atoms with Crippen LogP contribution in [0.5, 0.6) is 0 Å². The monoisotopic (exact) mass is 285 g/mol. The zero-order valence-corrected chi connectivity index (χ0v) is 14.7. The van der Waals surface area contributed by atoms with Crippen LogP contribution in [-0.4, -0.2) is 29.6 Å². The van der Waals surface area contributed by atoms with Crippen molar-refractivity contribution < 1.29 is 0 Å². The van der Waals surface area contributed by atoms with Crippen molar-refractivity contribution in [2.75, 3.05) is 13.1 Å². The Morgan fingerprint density at radius 3 is 1.85 bits per heavy atom. The molecule has 0 radical (unpaired) electrons. The van der Waals surface area contributed by atoms with Crippen LogP contribution in [0.1, 0.15) is 86.0 Å². The van der Waals surface area contributed by atoms with E-state index in [1.807, 2.05) is 0 Å². The van der Waals surface area contributed by atoms with Crippen molar-refractivity contribution in [1.29, 1.82) is 0 Å². The van der Waals surface area contributed by atoms with Crippen LogP contribution in [0.25, 0.3) is 0 Å². The van der Waals surface area contributed by atoms with Gasteiger partial charge in [0.15, 0.2) is 0 Å². The van der Waals surface area contributed by atoms with Crippen molar-refractivity contribution in [2.45, 2.75) is 97.6 Å². The number of unbranched alkanes of at least 4 members (excludes halogenated alkanes) is 6. The highest BCUT2D eigenvalue weighted by Gasteiger charge is 2.32. The number of likely N-dealkylation sites (N-methyl/N-ethyl adjacent to an activating group) is 1. The summed E-state index contributed by atoms with van der Waals surface area (Å²) in [5.74, 6) is 5.81. The lowest BCUT2D eigenvalue weighted by Crippen LogP contribution is -2.59. The molecule has 3 nitrogen and oxygen atoms in total. The summed E-state index contributed by atoms with van der Waals surface area (Å²) in [5, 5.41) is 0. The number of nitrogens with one attached hydrogen (secondary N) is 1. The Hall–Kier alpha value is -0.120. The number of hydrogen-bond acceptors (Lipinski definition) is 3. The van der Waals surface area contributed by atoms with E-state index in [0.717, 1.165) is 13.1 Å². The van der Waals surface area contributed by atoms with Gasteiger partial charge in [-0.1, -0.05) is 65.7 Å². The second-order valence-corrected chi connectivity index (χ2v) is 6.46. The van der Waals surface area contributed by atoms with Crippen molar-refractivity contribution >= 4 is 0 Å². The molecule has 0 aromatic carbocycles. The Bertz CT molecular complexity index is 212. The van der Waals surface area contributed by atoms with Gasteiger partial charge in [-0.2, -0.15) is 0 Å². The average molecular weight is 286 g/mol. The molecular weight excluding hydrogens is 246 g/mol. The van der Waals surface area contributed by atoms with E-state index in [-0.39, 0.29) is 5.54 Å². The number of nitrogens with zero attached hydrogens (tertiary/aromatic N) is 1. The van der Waals surface area contributed by atoms with E-state index in [4.69, 9.17) is 5.84 Å². The molecule has 0 heterocycles. The zero-order chi connectivity index (χ0) is 15.4. The van der Waals surface area contributed by atoms with Gasteiger partial charge in [0.1, 0.15) is 0 Å². The molecule has 0 saturated heterocycles. The molecule has 122 valence electrons. The van der Waals surface area contributed by atoms with Gasteiger partial charge >= 0.3 is 0 Å². The third kappa shape index (κ3) is 7.05. The van der Waals surface area contributed by atoms with Crippen LogP contribution in [0, 0.1) is 0 Å². The van der Waals surface area contributed by atoms with Gasteiger partial charge in [0.05, 0.1) is 0 Å². The molecule has 0 amide bonds. The lowest BCUT2D eigenvalue weighted by Gasteiger charge is -2.43. The van der Waals surface area contributed by atoms with E-state index >= 15 is 0 Å². The van der Waals surface area contributed by atoms with Gasteiger partial charge < -0.3 is 0 Å². The summed E-state index contributed by atoms with van der Waals surface area (Å²) in [7, 11) is 0. The third-order valence-electron chi connectivity index (χ3n) is 4.73. The summed E-state index contributed by atoms with van der Waals surface area (Å²) in [6.07, 6.45) is 10.7. The first-order chi connectivity index (χ1) is 9.54. The van der Waals surface area contributed by atoms with E-state index in [2.05, 4.69) is 44.9 Å². The molecule has 0 rings (SSSR count). The number of nitrogens with two attached hydrogens (primary N) is 1. The van der Waals surface area contributed by atoms with Crippen LogP contribution < -0.4 is 11.3 Å². The lowest BCUT2D eigenvalue weighted by atomic mass is 9.88. The van der Waals surface area contributed by atoms with E-state index in [1.165, 1.54) is 51.4 Å². The normalized spacial score (nSPS) is 13.9. The molecule has 1 unspecified atom stereocenters. The number of hydrogen-bond donors (Lipinski definition) is 2. The molecule has 0 bridgehead atoms. The Morgan fingerprint density at radius 2 is 1.40 bits per heavy atom. The van der Waals surface area contributed by atoms with E-state index < -0.39 is 0 Å². The summed E-state index contributed by atoms with van der Waals surface area (Å²) in [5.41, 5.74) is 3.19. The first kappa shape index (κ1) is 19.9. The number of hydrazine groups is 1. The van der Waals surface area contributed by atoms with Gasteiger partial charge in [0, 0.05) is 11.6 Å². The molecule has 0 spiro atoms. The van der Waals surface area contributed by atoms with Gasteiger partial charge in [-0.25, -0.2) is 0 Å². The van der Waals surface area contributed by atoms with Crippen LogP contribution in [-0.2, 0) is 0 Å². The molecule has 3 N–H and O–H groups in total. The fourth-order valence-electron chi connectivity index (χ4n) is 3.21. The first-order valence-corrected chi connectivity index (χ1v) is 8.75. The smallest absolute Gasteiger partial charge is 0.0389 e. The third-order valence-corrected chi connectivity index (χ3v) is 4.73. The minimum atomic E-state index is 0.125. The van der Waals surface area contributed by atoms with Crippen LogP contribution in [0.2, 0.25) is 0 Å². The minimum absolute atomic E-state index is 0.125. The van der Waals surface area contributed by atoms with Gasteiger partial charge in [0.25, 0.3) is 0 Å². The summed E-state index contributed by atoms with van der Waals surface area (Å²) in [4.78, 5) is 2.50. The molecule has 0 aromatic rings. The SMILES string of the molecule is CCCCCCCCCC(NN)C(C)(C)N(CC)CC. The first-order valence-electron chi connectivity index (χ1n) is 8.75. The fraction of sp³-hybridized carbons (Fsp3) is 1.00. The average Bonchev–Trinajstić information content (AvgIpc) is 2.42. The topological polar surface area (TPSA) is 41.3 Å². The molecule has 0 saturated carbocycles. The molecule has 0 aliphatic rings. The maximum Gasteiger partial charge on any atom is 0.0389 e. The summed E-state index contributed by atoms with van der Waals surface area (Å²) >= 11 is 0. The van der Waals surface area contributed by atoms with Crippen molar-refractivity contribution in [1.82, 2.24) is 10.3 Å². The molecule has 0 fully saturated rings. The Balaban J connectivity index is 4.02. The maximum atomic E-state index is 5.81. The molecule has 3 heteroatoms. The second-order valence-electron chi connectivity index (χ2n) is 6.46. The van der Waals surface area contributed by atoms with Crippen LogP contribution in [0.15, 0.2) is 0 Å². The predicted molar refractivity (Wildman–Crippen MR) is 90.7 cm³/mol. The molecule has 20 heavy (non-hydrogen) atoms. The van der Waals surface area contributed by atoms with Crippen molar-refractivity contribution in [3.8, 4) is 0 Å². The Morgan fingerprint density at radius 1 is 0.900 bits per heavy atom. The van der Waals surface area contributed by atoms with E-state index in [9.17, 15) is 0 Å². The minimum Gasteiger partial charge on any atom is -0.297 e. The van der Waals surface area contributed by atoms with Crippen molar-refractivity contribution in [3.05, 3.63) is 0 Å². The summed E-state index contributed by atoms with van der Waals surface area (Å²) in [6.45, 7) is 13.5.